The average Bonchev–Trinajstić information content (AvgIpc) is 3.00. The maximum absolute atomic E-state index is 13.1. The van der Waals surface area contributed by atoms with Crippen molar-refractivity contribution >= 4 is 22.9 Å². The minimum absolute atomic E-state index is 0.191. The summed E-state index contributed by atoms with van der Waals surface area (Å²) in [5, 5.41) is 5.73. The number of carbonyl (C=O) groups excluding carboxylic acids is 1. The Morgan fingerprint density at radius 1 is 1.25 bits per heavy atom. The molecular weight excluding hydrogens is 327 g/mol. The number of anilines is 1. The lowest BCUT2D eigenvalue weighted by Crippen LogP contribution is -2.20. The Morgan fingerprint density at radius 2 is 2.08 bits per heavy atom. The smallest absolute Gasteiger partial charge is 0.262 e. The molecule has 3 aromatic rings. The summed E-state index contributed by atoms with van der Waals surface area (Å²) in [5.41, 5.74) is 2.47. The van der Waals surface area contributed by atoms with E-state index in [-0.39, 0.29) is 12.5 Å². The highest BCUT2D eigenvalue weighted by Gasteiger charge is 2.07. The highest BCUT2D eigenvalue weighted by Crippen LogP contribution is 2.24. The van der Waals surface area contributed by atoms with Gasteiger partial charge in [-0.1, -0.05) is 18.2 Å². The number of amides is 1. The fourth-order valence-electron chi connectivity index (χ4n) is 2.16. The van der Waals surface area contributed by atoms with E-state index in [1.165, 1.54) is 18.2 Å². The van der Waals surface area contributed by atoms with Crippen molar-refractivity contribution < 1.29 is 13.9 Å². The molecule has 0 unspecified atom stereocenters. The van der Waals surface area contributed by atoms with E-state index in [1.54, 1.807) is 23.5 Å². The van der Waals surface area contributed by atoms with Crippen LogP contribution in [0.5, 0.6) is 5.75 Å². The largest absolute Gasteiger partial charge is 0.484 e. The van der Waals surface area contributed by atoms with Gasteiger partial charge in [0.05, 0.1) is 10.7 Å². The Hall–Kier alpha value is -2.73. The van der Waals surface area contributed by atoms with Crippen LogP contribution in [0.1, 0.15) is 5.01 Å². The molecule has 0 fully saturated rings. The highest BCUT2D eigenvalue weighted by molar-refractivity contribution is 7.09. The fraction of sp³-hybridized carbons (Fsp3) is 0.111. The first kappa shape index (κ1) is 16.1. The molecule has 0 bridgehead atoms. The quantitative estimate of drug-likeness (QED) is 0.753. The predicted octanol–water partition coefficient (Wildman–Crippen LogP) is 4.28. The Kier molecular flexibility index (Phi) is 4.86. The predicted molar refractivity (Wildman–Crippen MR) is 92.8 cm³/mol. The number of benzene rings is 2. The topological polar surface area (TPSA) is 51.2 Å². The summed E-state index contributed by atoms with van der Waals surface area (Å²) < 4.78 is 18.3. The summed E-state index contributed by atoms with van der Waals surface area (Å²) in [5.74, 6) is -0.401. The van der Waals surface area contributed by atoms with Crippen molar-refractivity contribution in [2.75, 3.05) is 11.9 Å². The standard InChI is InChI=1S/C18H15FN2O2S/c1-12-20-17(11-24-12)13-4-2-6-15(8-13)21-18(22)10-23-16-7-3-5-14(19)9-16/h2-9,11H,10H2,1H3,(H,21,22). The number of ether oxygens (including phenoxy) is 1. The van der Waals surface area contributed by atoms with Gasteiger partial charge in [-0.3, -0.25) is 4.79 Å². The Bertz CT molecular complexity index is 863. The van der Waals surface area contributed by atoms with Gasteiger partial charge in [0.1, 0.15) is 11.6 Å². The first-order valence-electron chi connectivity index (χ1n) is 7.31. The second-order valence-electron chi connectivity index (χ2n) is 5.13. The normalized spacial score (nSPS) is 10.4. The maximum Gasteiger partial charge on any atom is 0.262 e. The summed E-state index contributed by atoms with van der Waals surface area (Å²) >= 11 is 1.58. The van der Waals surface area contributed by atoms with Gasteiger partial charge in [-0.05, 0) is 31.2 Å². The third-order valence-electron chi connectivity index (χ3n) is 3.23. The van der Waals surface area contributed by atoms with Gasteiger partial charge < -0.3 is 10.1 Å². The minimum Gasteiger partial charge on any atom is -0.484 e. The number of halogens is 1. The molecular formula is C18H15FN2O2S. The second-order valence-corrected chi connectivity index (χ2v) is 6.19. The first-order chi connectivity index (χ1) is 11.6. The lowest BCUT2D eigenvalue weighted by molar-refractivity contribution is -0.118. The summed E-state index contributed by atoms with van der Waals surface area (Å²) in [6.45, 7) is 1.76. The monoisotopic (exact) mass is 342 g/mol. The van der Waals surface area contributed by atoms with Gasteiger partial charge >= 0.3 is 0 Å². The molecule has 2 aromatic carbocycles. The van der Waals surface area contributed by atoms with Crippen LogP contribution in [0.3, 0.4) is 0 Å². The SMILES string of the molecule is Cc1nc(-c2cccc(NC(=O)COc3cccc(F)c3)c2)cs1. The van der Waals surface area contributed by atoms with E-state index in [0.29, 0.717) is 11.4 Å². The van der Waals surface area contributed by atoms with E-state index in [1.807, 2.05) is 30.5 Å². The van der Waals surface area contributed by atoms with Crippen LogP contribution in [0.4, 0.5) is 10.1 Å². The van der Waals surface area contributed by atoms with Gasteiger partial charge in [0, 0.05) is 22.7 Å². The molecule has 4 nitrogen and oxygen atoms in total. The number of nitrogens with one attached hydrogen (secondary N) is 1. The Labute approximate surface area is 142 Å². The summed E-state index contributed by atoms with van der Waals surface area (Å²) in [4.78, 5) is 16.4. The zero-order valence-corrected chi connectivity index (χ0v) is 13.8. The van der Waals surface area contributed by atoms with Gasteiger partial charge in [-0.15, -0.1) is 11.3 Å². The third kappa shape index (κ3) is 4.17. The van der Waals surface area contributed by atoms with E-state index in [0.717, 1.165) is 16.3 Å². The van der Waals surface area contributed by atoms with Crippen molar-refractivity contribution in [2.24, 2.45) is 0 Å². The third-order valence-corrected chi connectivity index (χ3v) is 4.00. The first-order valence-corrected chi connectivity index (χ1v) is 8.19. The number of rotatable bonds is 5. The highest BCUT2D eigenvalue weighted by atomic mass is 32.1. The molecule has 1 amide bonds. The molecule has 24 heavy (non-hydrogen) atoms. The summed E-state index contributed by atoms with van der Waals surface area (Å²) in [6.07, 6.45) is 0. The molecule has 0 aliphatic carbocycles. The van der Waals surface area contributed by atoms with Crippen molar-refractivity contribution in [3.8, 4) is 17.0 Å². The number of carbonyl (C=O) groups is 1. The van der Waals surface area contributed by atoms with Crippen LogP contribution in [0.15, 0.2) is 53.9 Å². The molecule has 0 atom stereocenters. The van der Waals surface area contributed by atoms with Crippen molar-refractivity contribution in [3.63, 3.8) is 0 Å². The Morgan fingerprint density at radius 3 is 2.83 bits per heavy atom. The second kappa shape index (κ2) is 7.23. The van der Waals surface area contributed by atoms with E-state index >= 15 is 0 Å². The number of hydrogen-bond donors (Lipinski definition) is 1. The number of thiazole rings is 1. The van der Waals surface area contributed by atoms with Crippen molar-refractivity contribution in [1.29, 1.82) is 0 Å². The molecule has 0 radical (unpaired) electrons. The Balaban J connectivity index is 1.62. The van der Waals surface area contributed by atoms with Gasteiger partial charge in [0.25, 0.3) is 5.91 Å². The van der Waals surface area contributed by atoms with E-state index < -0.39 is 5.82 Å². The fourth-order valence-corrected chi connectivity index (χ4v) is 2.78. The van der Waals surface area contributed by atoms with Crippen LogP contribution in [0.25, 0.3) is 11.3 Å². The van der Waals surface area contributed by atoms with Crippen LogP contribution >= 0.6 is 11.3 Å². The minimum atomic E-state index is -0.404. The zero-order valence-electron chi connectivity index (χ0n) is 13.0. The van der Waals surface area contributed by atoms with Crippen LogP contribution in [-0.2, 0) is 4.79 Å². The lowest BCUT2D eigenvalue weighted by Gasteiger charge is -2.08. The van der Waals surface area contributed by atoms with E-state index in [9.17, 15) is 9.18 Å². The van der Waals surface area contributed by atoms with Crippen LogP contribution in [0, 0.1) is 12.7 Å². The maximum atomic E-state index is 13.1. The van der Waals surface area contributed by atoms with Gasteiger partial charge in [0.15, 0.2) is 6.61 Å². The molecule has 0 spiro atoms. The molecule has 1 aromatic heterocycles. The molecule has 0 saturated carbocycles. The number of nitrogens with zero attached hydrogens (tertiary/aromatic N) is 1. The van der Waals surface area contributed by atoms with Gasteiger partial charge in [-0.2, -0.15) is 0 Å². The molecule has 122 valence electrons. The lowest BCUT2D eigenvalue weighted by atomic mass is 10.1. The molecule has 0 aliphatic rings. The number of aromatic nitrogens is 1. The summed E-state index contributed by atoms with van der Waals surface area (Å²) in [7, 11) is 0. The van der Waals surface area contributed by atoms with Crippen LogP contribution in [-0.4, -0.2) is 17.5 Å². The van der Waals surface area contributed by atoms with Crippen LogP contribution in [0.2, 0.25) is 0 Å². The molecule has 3 rings (SSSR count). The van der Waals surface area contributed by atoms with E-state index in [4.69, 9.17) is 4.74 Å². The van der Waals surface area contributed by atoms with Crippen molar-refractivity contribution in [3.05, 3.63) is 64.7 Å². The number of aryl methyl sites for hydroxylation is 1. The van der Waals surface area contributed by atoms with Crippen molar-refractivity contribution in [2.45, 2.75) is 6.92 Å². The molecule has 0 saturated heterocycles. The average molecular weight is 342 g/mol. The number of hydrogen-bond acceptors (Lipinski definition) is 4. The van der Waals surface area contributed by atoms with Gasteiger partial charge in [-0.25, -0.2) is 9.37 Å². The molecule has 1 heterocycles. The van der Waals surface area contributed by atoms with E-state index in [2.05, 4.69) is 10.3 Å². The van der Waals surface area contributed by atoms with Crippen molar-refractivity contribution in [1.82, 2.24) is 4.98 Å². The van der Waals surface area contributed by atoms with Crippen LogP contribution < -0.4 is 10.1 Å². The zero-order chi connectivity index (χ0) is 16.9. The molecule has 0 aliphatic heterocycles. The summed E-state index contributed by atoms with van der Waals surface area (Å²) in [6, 6.07) is 13.1. The van der Waals surface area contributed by atoms with Gasteiger partial charge in [0.2, 0.25) is 0 Å². The molecule has 6 heteroatoms. The molecule has 1 N–H and O–H groups in total.